The van der Waals surface area contributed by atoms with Crippen LogP contribution in [-0.4, -0.2) is 22.2 Å². The third-order valence-corrected chi connectivity index (χ3v) is 2.50. The predicted octanol–water partition coefficient (Wildman–Crippen LogP) is 1.12. The van der Waals surface area contributed by atoms with E-state index in [1.54, 1.807) is 6.92 Å². The average molecular weight is 261 g/mol. The van der Waals surface area contributed by atoms with Crippen molar-refractivity contribution in [3.8, 4) is 5.69 Å². The molecule has 5 nitrogen and oxygen atoms in total. The number of hydrogen-bond donors (Lipinski definition) is 1. The van der Waals surface area contributed by atoms with E-state index in [0.29, 0.717) is 12.2 Å². The first kappa shape index (κ1) is 12.9. The summed E-state index contributed by atoms with van der Waals surface area (Å²) in [5, 5.41) is 6.43. The molecule has 0 aliphatic heterocycles. The maximum Gasteiger partial charge on any atom is 0.284 e. The first-order valence-electron chi connectivity index (χ1n) is 5.76. The maximum atomic E-state index is 12.8. The Labute approximate surface area is 108 Å². The van der Waals surface area contributed by atoms with Gasteiger partial charge in [-0.05, 0) is 37.3 Å². The van der Waals surface area contributed by atoms with E-state index in [9.17, 15) is 14.0 Å². The van der Waals surface area contributed by atoms with E-state index in [0.717, 1.165) is 4.68 Å². The SMILES string of the molecule is CCNC(=O)c1ccnn(-c2ccc(F)cc2)c1=O. The molecule has 1 heterocycles. The zero-order chi connectivity index (χ0) is 13.8. The summed E-state index contributed by atoms with van der Waals surface area (Å²) in [6.07, 6.45) is 1.36. The summed E-state index contributed by atoms with van der Waals surface area (Å²) in [4.78, 5) is 23.8. The number of halogens is 1. The Kier molecular flexibility index (Phi) is 3.70. The van der Waals surface area contributed by atoms with Crippen LogP contribution in [0.1, 0.15) is 17.3 Å². The molecule has 19 heavy (non-hydrogen) atoms. The lowest BCUT2D eigenvalue weighted by atomic mass is 10.2. The summed E-state index contributed by atoms with van der Waals surface area (Å²) in [5.41, 5.74) is -0.140. The quantitative estimate of drug-likeness (QED) is 0.900. The molecule has 1 amide bonds. The Balaban J connectivity index is 2.48. The third kappa shape index (κ3) is 2.67. The molecule has 0 saturated carbocycles. The van der Waals surface area contributed by atoms with Crippen LogP contribution in [0.2, 0.25) is 0 Å². The second-order valence-corrected chi connectivity index (χ2v) is 3.80. The minimum Gasteiger partial charge on any atom is -0.352 e. The van der Waals surface area contributed by atoms with Gasteiger partial charge in [0.1, 0.15) is 11.4 Å². The van der Waals surface area contributed by atoms with Crippen LogP contribution >= 0.6 is 0 Å². The van der Waals surface area contributed by atoms with Crippen molar-refractivity contribution < 1.29 is 9.18 Å². The summed E-state index contributed by atoms with van der Waals surface area (Å²) in [7, 11) is 0. The molecule has 0 aliphatic rings. The molecule has 0 radical (unpaired) electrons. The van der Waals surface area contributed by atoms with E-state index < -0.39 is 17.3 Å². The van der Waals surface area contributed by atoms with Crippen LogP contribution in [-0.2, 0) is 0 Å². The molecule has 0 fully saturated rings. The molecular weight excluding hydrogens is 249 g/mol. The van der Waals surface area contributed by atoms with Crippen LogP contribution in [0.4, 0.5) is 4.39 Å². The van der Waals surface area contributed by atoms with Gasteiger partial charge in [0.05, 0.1) is 5.69 Å². The van der Waals surface area contributed by atoms with Gasteiger partial charge in [-0.1, -0.05) is 0 Å². The van der Waals surface area contributed by atoms with Crippen molar-refractivity contribution >= 4 is 5.91 Å². The molecule has 2 aromatic rings. The summed E-state index contributed by atoms with van der Waals surface area (Å²) in [5.74, 6) is -0.859. The molecule has 0 aliphatic carbocycles. The summed E-state index contributed by atoms with van der Waals surface area (Å²) in [6.45, 7) is 2.19. The lowest BCUT2D eigenvalue weighted by molar-refractivity contribution is 0.0953. The third-order valence-electron chi connectivity index (χ3n) is 2.50. The Hall–Kier alpha value is -2.50. The molecule has 1 aromatic heterocycles. The fourth-order valence-electron chi connectivity index (χ4n) is 1.61. The predicted molar refractivity (Wildman–Crippen MR) is 67.8 cm³/mol. The smallest absolute Gasteiger partial charge is 0.284 e. The Morgan fingerprint density at radius 1 is 1.32 bits per heavy atom. The average Bonchev–Trinajstić information content (AvgIpc) is 2.40. The van der Waals surface area contributed by atoms with Gasteiger partial charge in [0.15, 0.2) is 0 Å². The monoisotopic (exact) mass is 261 g/mol. The molecule has 2 rings (SSSR count). The number of nitrogens with zero attached hydrogens (tertiary/aromatic N) is 2. The van der Waals surface area contributed by atoms with E-state index in [1.165, 1.54) is 36.5 Å². The fourth-order valence-corrected chi connectivity index (χ4v) is 1.61. The molecule has 98 valence electrons. The first-order chi connectivity index (χ1) is 9.13. The van der Waals surface area contributed by atoms with Crippen molar-refractivity contribution in [2.24, 2.45) is 0 Å². The van der Waals surface area contributed by atoms with E-state index in [2.05, 4.69) is 10.4 Å². The first-order valence-corrected chi connectivity index (χ1v) is 5.76. The number of rotatable bonds is 3. The van der Waals surface area contributed by atoms with Crippen LogP contribution in [0, 0.1) is 5.82 Å². The maximum absolute atomic E-state index is 12.8. The lowest BCUT2D eigenvalue weighted by Gasteiger charge is -2.06. The number of amides is 1. The van der Waals surface area contributed by atoms with Crippen molar-refractivity contribution in [3.05, 3.63) is 58.3 Å². The Bertz CT molecular complexity index is 650. The molecule has 0 spiro atoms. The molecule has 0 saturated heterocycles. The van der Waals surface area contributed by atoms with Gasteiger partial charge in [0.25, 0.3) is 11.5 Å². The topological polar surface area (TPSA) is 64.0 Å². The van der Waals surface area contributed by atoms with Gasteiger partial charge in [0.2, 0.25) is 0 Å². The van der Waals surface area contributed by atoms with Gasteiger partial charge in [-0.25, -0.2) is 4.39 Å². The highest BCUT2D eigenvalue weighted by molar-refractivity contribution is 5.93. The van der Waals surface area contributed by atoms with Crippen molar-refractivity contribution in [3.63, 3.8) is 0 Å². The highest BCUT2D eigenvalue weighted by Gasteiger charge is 2.12. The highest BCUT2D eigenvalue weighted by Crippen LogP contribution is 2.05. The van der Waals surface area contributed by atoms with Crippen molar-refractivity contribution in [1.29, 1.82) is 0 Å². The highest BCUT2D eigenvalue weighted by atomic mass is 19.1. The van der Waals surface area contributed by atoms with Crippen LogP contribution in [0.3, 0.4) is 0 Å². The van der Waals surface area contributed by atoms with Crippen molar-refractivity contribution in [1.82, 2.24) is 15.1 Å². The largest absolute Gasteiger partial charge is 0.352 e. The van der Waals surface area contributed by atoms with Gasteiger partial charge in [-0.2, -0.15) is 9.78 Å². The summed E-state index contributed by atoms with van der Waals surface area (Å²) in [6, 6.07) is 6.65. The van der Waals surface area contributed by atoms with E-state index in [1.807, 2.05) is 0 Å². The van der Waals surface area contributed by atoms with Gasteiger partial charge in [-0.3, -0.25) is 9.59 Å². The second-order valence-electron chi connectivity index (χ2n) is 3.80. The molecule has 0 bridgehead atoms. The number of hydrogen-bond acceptors (Lipinski definition) is 3. The van der Waals surface area contributed by atoms with E-state index >= 15 is 0 Å². The van der Waals surface area contributed by atoms with Crippen molar-refractivity contribution in [2.75, 3.05) is 6.54 Å². The zero-order valence-corrected chi connectivity index (χ0v) is 10.3. The standard InChI is InChI=1S/C13H12FN3O2/c1-2-15-12(18)11-7-8-16-17(13(11)19)10-5-3-9(14)4-6-10/h3-8H,2H2,1H3,(H,15,18). The Morgan fingerprint density at radius 2 is 2.00 bits per heavy atom. The number of aromatic nitrogens is 2. The Morgan fingerprint density at radius 3 is 2.63 bits per heavy atom. The summed E-state index contributed by atoms with van der Waals surface area (Å²) >= 11 is 0. The molecule has 1 N–H and O–H groups in total. The number of nitrogens with one attached hydrogen (secondary N) is 1. The van der Waals surface area contributed by atoms with Crippen LogP contribution in [0.15, 0.2) is 41.3 Å². The molecule has 0 unspecified atom stereocenters. The number of benzene rings is 1. The van der Waals surface area contributed by atoms with Crippen LogP contribution in [0.5, 0.6) is 0 Å². The number of carbonyl (C=O) groups excluding carboxylic acids is 1. The molecular formula is C13H12FN3O2. The molecule has 1 aromatic carbocycles. The van der Waals surface area contributed by atoms with E-state index in [4.69, 9.17) is 0 Å². The van der Waals surface area contributed by atoms with Crippen molar-refractivity contribution in [2.45, 2.75) is 6.92 Å². The van der Waals surface area contributed by atoms with Gasteiger partial charge >= 0.3 is 0 Å². The van der Waals surface area contributed by atoms with Gasteiger partial charge < -0.3 is 5.32 Å². The normalized spacial score (nSPS) is 10.2. The number of carbonyl (C=O) groups is 1. The van der Waals surface area contributed by atoms with Crippen LogP contribution < -0.4 is 10.9 Å². The minimum absolute atomic E-state index is 0.00109. The fraction of sp³-hybridized carbons (Fsp3) is 0.154. The minimum atomic E-state index is -0.542. The molecule has 6 heteroatoms. The second kappa shape index (κ2) is 5.43. The summed E-state index contributed by atoms with van der Waals surface area (Å²) < 4.78 is 13.9. The van der Waals surface area contributed by atoms with Gasteiger partial charge in [0, 0.05) is 12.7 Å². The lowest BCUT2D eigenvalue weighted by Crippen LogP contribution is -2.33. The molecule has 0 atom stereocenters. The van der Waals surface area contributed by atoms with Gasteiger partial charge in [-0.15, -0.1) is 0 Å². The zero-order valence-electron chi connectivity index (χ0n) is 10.3. The van der Waals surface area contributed by atoms with Crippen LogP contribution in [0.25, 0.3) is 5.69 Å². The van der Waals surface area contributed by atoms with E-state index in [-0.39, 0.29) is 5.56 Å².